The largest absolute Gasteiger partial charge is 0.491 e. The van der Waals surface area contributed by atoms with Crippen LogP contribution in [0, 0.1) is 0 Å². The van der Waals surface area contributed by atoms with Crippen LogP contribution >= 0.6 is 0 Å². The highest BCUT2D eigenvalue weighted by Gasteiger charge is 2.14. The summed E-state index contributed by atoms with van der Waals surface area (Å²) in [6.07, 6.45) is 21.3. The number of hydrogen-bond donors (Lipinski definition) is 0. The molecule has 220 valence electrons. The van der Waals surface area contributed by atoms with E-state index in [2.05, 4.69) is 26.0 Å². The molecule has 1 heterocycles. The molecule has 1 saturated heterocycles. The monoisotopic (exact) mass is 534 g/mol. The maximum atomic E-state index is 6.21. The van der Waals surface area contributed by atoms with Crippen molar-refractivity contribution < 1.29 is 23.7 Å². The third-order valence-electron chi connectivity index (χ3n) is 7.23. The summed E-state index contributed by atoms with van der Waals surface area (Å²) in [5.41, 5.74) is 1.14. The van der Waals surface area contributed by atoms with E-state index in [-0.39, 0.29) is 12.4 Å². The number of ether oxygens (including phenoxy) is 5. The first-order chi connectivity index (χ1) is 18.8. The van der Waals surface area contributed by atoms with E-state index in [0.29, 0.717) is 19.8 Å². The molecule has 38 heavy (non-hydrogen) atoms. The van der Waals surface area contributed by atoms with Gasteiger partial charge in [0, 0.05) is 19.8 Å². The zero-order chi connectivity index (χ0) is 26.9. The molecule has 0 bridgehead atoms. The van der Waals surface area contributed by atoms with Crippen molar-refractivity contribution in [2.75, 3.05) is 33.0 Å². The van der Waals surface area contributed by atoms with Gasteiger partial charge in [0.1, 0.15) is 18.5 Å². The van der Waals surface area contributed by atoms with Gasteiger partial charge in [-0.1, -0.05) is 103 Å². The molecular formula is C33H58O5. The van der Waals surface area contributed by atoms with E-state index in [1.165, 1.54) is 83.5 Å². The molecule has 0 aliphatic carbocycles. The van der Waals surface area contributed by atoms with Crippen molar-refractivity contribution in [3.05, 3.63) is 29.8 Å². The minimum Gasteiger partial charge on any atom is -0.491 e. The molecule has 2 unspecified atom stereocenters. The Labute approximate surface area is 234 Å². The van der Waals surface area contributed by atoms with Crippen LogP contribution in [0.5, 0.6) is 5.75 Å². The van der Waals surface area contributed by atoms with Crippen molar-refractivity contribution in [1.82, 2.24) is 0 Å². The zero-order valence-electron chi connectivity index (χ0n) is 24.8. The van der Waals surface area contributed by atoms with Crippen LogP contribution in [0.2, 0.25) is 0 Å². The standard InChI is InChI=1S/C33H58O5/c1-3-5-7-9-11-13-16-24-34-28-32(35-25-17-14-12-10-8-6-4-2)29-37-31-22-20-30(21-23-31)27-38-33-19-15-18-26-36-33/h20-23,32-33H,3-19,24-29H2,1-2H3. The van der Waals surface area contributed by atoms with Gasteiger partial charge >= 0.3 is 0 Å². The number of hydrogen-bond acceptors (Lipinski definition) is 5. The molecule has 1 aromatic rings. The Morgan fingerprint density at radius 1 is 0.737 bits per heavy atom. The first kappa shape index (κ1) is 33.1. The molecule has 1 aliphatic rings. The fraction of sp³-hybridized carbons (Fsp3) is 0.818. The van der Waals surface area contributed by atoms with E-state index in [1.807, 2.05) is 12.1 Å². The van der Waals surface area contributed by atoms with Gasteiger partial charge in [-0.15, -0.1) is 0 Å². The number of benzene rings is 1. The SMILES string of the molecule is CCCCCCCCCOCC(COc1ccc(COC2CCCCO2)cc1)OCCCCCCCCC. The van der Waals surface area contributed by atoms with Crippen molar-refractivity contribution >= 4 is 0 Å². The lowest BCUT2D eigenvalue weighted by atomic mass is 10.1. The van der Waals surface area contributed by atoms with Gasteiger partial charge in [0.05, 0.1) is 13.2 Å². The maximum absolute atomic E-state index is 6.21. The second-order valence-electron chi connectivity index (χ2n) is 10.9. The molecule has 0 N–H and O–H groups in total. The van der Waals surface area contributed by atoms with Crippen LogP contribution in [0.15, 0.2) is 24.3 Å². The highest BCUT2D eigenvalue weighted by atomic mass is 16.7. The summed E-state index contributed by atoms with van der Waals surface area (Å²) in [7, 11) is 0. The zero-order valence-corrected chi connectivity index (χ0v) is 24.8. The third-order valence-corrected chi connectivity index (χ3v) is 7.23. The number of unbranched alkanes of at least 4 members (excludes halogenated alkanes) is 12. The lowest BCUT2D eigenvalue weighted by Crippen LogP contribution is -2.28. The van der Waals surface area contributed by atoms with E-state index in [4.69, 9.17) is 23.7 Å². The predicted molar refractivity (Wildman–Crippen MR) is 157 cm³/mol. The quantitative estimate of drug-likeness (QED) is 0.117. The van der Waals surface area contributed by atoms with Crippen molar-refractivity contribution in [3.8, 4) is 5.75 Å². The summed E-state index contributed by atoms with van der Waals surface area (Å²) < 4.78 is 29.9. The van der Waals surface area contributed by atoms with E-state index in [0.717, 1.165) is 56.8 Å². The minimum atomic E-state index is -0.0602. The van der Waals surface area contributed by atoms with Gasteiger partial charge in [0.2, 0.25) is 0 Å². The molecule has 1 aliphatic heterocycles. The summed E-state index contributed by atoms with van der Waals surface area (Å²) in [5.74, 6) is 0.860. The summed E-state index contributed by atoms with van der Waals surface area (Å²) in [6, 6.07) is 8.19. The van der Waals surface area contributed by atoms with Crippen molar-refractivity contribution in [2.24, 2.45) is 0 Å². The smallest absolute Gasteiger partial charge is 0.158 e. The molecule has 0 amide bonds. The van der Waals surface area contributed by atoms with Crippen molar-refractivity contribution in [1.29, 1.82) is 0 Å². The van der Waals surface area contributed by atoms with E-state index in [1.54, 1.807) is 0 Å². The molecule has 1 aromatic carbocycles. The average molecular weight is 535 g/mol. The maximum Gasteiger partial charge on any atom is 0.158 e. The molecule has 0 saturated carbocycles. The molecular weight excluding hydrogens is 476 g/mol. The van der Waals surface area contributed by atoms with Gasteiger partial charge in [0.25, 0.3) is 0 Å². The van der Waals surface area contributed by atoms with Crippen LogP contribution in [0.4, 0.5) is 0 Å². The second-order valence-corrected chi connectivity index (χ2v) is 10.9. The minimum absolute atomic E-state index is 0.0360. The first-order valence-electron chi connectivity index (χ1n) is 16.0. The Bertz CT molecular complexity index is 629. The number of rotatable bonds is 25. The molecule has 5 heteroatoms. The van der Waals surface area contributed by atoms with Crippen molar-refractivity contribution in [3.63, 3.8) is 0 Å². The fourth-order valence-corrected chi connectivity index (χ4v) is 4.73. The van der Waals surface area contributed by atoms with Gasteiger partial charge in [-0.3, -0.25) is 0 Å². The summed E-state index contributed by atoms with van der Waals surface area (Å²) in [5, 5.41) is 0. The molecule has 0 aromatic heterocycles. The summed E-state index contributed by atoms with van der Waals surface area (Å²) in [4.78, 5) is 0. The van der Waals surface area contributed by atoms with Gasteiger partial charge in [-0.25, -0.2) is 0 Å². The highest BCUT2D eigenvalue weighted by molar-refractivity contribution is 5.26. The summed E-state index contributed by atoms with van der Waals surface area (Å²) in [6.45, 7) is 8.61. The Morgan fingerprint density at radius 2 is 1.37 bits per heavy atom. The van der Waals surface area contributed by atoms with Gasteiger partial charge < -0.3 is 23.7 Å². The van der Waals surface area contributed by atoms with Gasteiger partial charge in [0.15, 0.2) is 6.29 Å². The Morgan fingerprint density at radius 3 is 2.00 bits per heavy atom. The lowest BCUT2D eigenvalue weighted by molar-refractivity contribution is -0.168. The van der Waals surface area contributed by atoms with E-state index in [9.17, 15) is 0 Å². The van der Waals surface area contributed by atoms with Gasteiger partial charge in [-0.05, 0) is 49.8 Å². The van der Waals surface area contributed by atoms with Crippen LogP contribution in [-0.4, -0.2) is 45.4 Å². The Hall–Kier alpha value is -1.14. The summed E-state index contributed by atoms with van der Waals surface area (Å²) >= 11 is 0. The molecule has 0 radical (unpaired) electrons. The fourth-order valence-electron chi connectivity index (χ4n) is 4.73. The van der Waals surface area contributed by atoms with Crippen LogP contribution in [-0.2, 0) is 25.6 Å². The van der Waals surface area contributed by atoms with Gasteiger partial charge in [-0.2, -0.15) is 0 Å². The van der Waals surface area contributed by atoms with E-state index >= 15 is 0 Å². The molecule has 1 fully saturated rings. The molecule has 0 spiro atoms. The third kappa shape index (κ3) is 17.4. The lowest BCUT2D eigenvalue weighted by Gasteiger charge is -2.22. The Kier molecular flexibility index (Phi) is 20.6. The molecule has 2 rings (SSSR count). The Balaban J connectivity index is 1.65. The van der Waals surface area contributed by atoms with Crippen LogP contribution in [0.25, 0.3) is 0 Å². The van der Waals surface area contributed by atoms with Crippen LogP contribution in [0.3, 0.4) is 0 Å². The van der Waals surface area contributed by atoms with E-state index < -0.39 is 0 Å². The molecule has 5 nitrogen and oxygen atoms in total. The molecule has 2 atom stereocenters. The average Bonchev–Trinajstić information content (AvgIpc) is 2.96. The topological polar surface area (TPSA) is 46.2 Å². The second kappa shape index (κ2) is 23.7. The predicted octanol–water partition coefficient (Wildman–Crippen LogP) is 9.01. The van der Waals surface area contributed by atoms with Crippen LogP contribution < -0.4 is 4.74 Å². The van der Waals surface area contributed by atoms with Crippen LogP contribution in [0.1, 0.15) is 129 Å². The normalized spacial score (nSPS) is 16.5. The first-order valence-corrected chi connectivity index (χ1v) is 16.0. The highest BCUT2D eigenvalue weighted by Crippen LogP contribution is 2.18. The van der Waals surface area contributed by atoms with Crippen molar-refractivity contribution in [2.45, 2.75) is 142 Å².